The number of anilines is 1. The SMILES string of the molecule is Cc1cccc(C(=O)N2CCCC2)c1NC(=O)c1cc(S(=O)(=O)N2CCOCC2)ccc1F. The third-order valence-electron chi connectivity index (χ3n) is 5.93. The molecule has 2 saturated heterocycles. The van der Waals surface area contributed by atoms with Gasteiger partial charge in [0.2, 0.25) is 10.0 Å². The molecule has 8 nitrogen and oxygen atoms in total. The number of benzene rings is 2. The van der Waals surface area contributed by atoms with Gasteiger partial charge in [-0.3, -0.25) is 9.59 Å². The van der Waals surface area contributed by atoms with Crippen molar-refractivity contribution in [2.75, 3.05) is 44.7 Å². The summed E-state index contributed by atoms with van der Waals surface area (Å²) >= 11 is 0. The molecule has 176 valence electrons. The molecule has 33 heavy (non-hydrogen) atoms. The monoisotopic (exact) mass is 475 g/mol. The first-order chi connectivity index (χ1) is 15.8. The van der Waals surface area contributed by atoms with Gasteiger partial charge in [0.25, 0.3) is 11.8 Å². The average molecular weight is 476 g/mol. The Hall–Kier alpha value is -2.82. The van der Waals surface area contributed by atoms with Gasteiger partial charge in [-0.15, -0.1) is 0 Å². The minimum atomic E-state index is -3.90. The molecule has 10 heteroatoms. The first kappa shape index (κ1) is 23.3. The van der Waals surface area contributed by atoms with Gasteiger partial charge >= 0.3 is 0 Å². The molecular weight excluding hydrogens is 449 g/mol. The van der Waals surface area contributed by atoms with E-state index in [1.165, 1.54) is 4.31 Å². The summed E-state index contributed by atoms with van der Waals surface area (Å²) in [6.07, 6.45) is 1.85. The summed E-state index contributed by atoms with van der Waals surface area (Å²) in [6, 6.07) is 8.24. The molecule has 0 aromatic heterocycles. The lowest BCUT2D eigenvalue weighted by molar-refractivity contribution is 0.0730. The Labute approximate surface area is 192 Å². The van der Waals surface area contributed by atoms with E-state index in [2.05, 4.69) is 5.32 Å². The van der Waals surface area contributed by atoms with Gasteiger partial charge < -0.3 is 15.0 Å². The van der Waals surface area contributed by atoms with Crippen LogP contribution in [0, 0.1) is 12.7 Å². The van der Waals surface area contributed by atoms with Crippen LogP contribution in [0.1, 0.15) is 39.1 Å². The number of halogens is 1. The molecule has 0 bridgehead atoms. The number of nitrogens with one attached hydrogen (secondary N) is 1. The maximum absolute atomic E-state index is 14.6. The predicted molar refractivity (Wildman–Crippen MR) is 120 cm³/mol. The second kappa shape index (κ2) is 9.58. The molecule has 2 amide bonds. The number of aryl methyl sites for hydroxylation is 1. The van der Waals surface area contributed by atoms with Crippen LogP contribution in [0.3, 0.4) is 0 Å². The number of rotatable bonds is 5. The molecule has 0 saturated carbocycles. The molecule has 2 aliphatic heterocycles. The van der Waals surface area contributed by atoms with Crippen LogP contribution in [0.25, 0.3) is 0 Å². The molecule has 0 atom stereocenters. The van der Waals surface area contributed by atoms with Crippen LogP contribution in [-0.4, -0.2) is 68.8 Å². The highest BCUT2D eigenvalue weighted by molar-refractivity contribution is 7.89. The summed E-state index contributed by atoms with van der Waals surface area (Å²) in [5, 5.41) is 2.64. The van der Waals surface area contributed by atoms with Crippen LogP contribution in [0.15, 0.2) is 41.3 Å². The van der Waals surface area contributed by atoms with E-state index in [-0.39, 0.29) is 37.1 Å². The fraction of sp³-hybridized carbons (Fsp3) is 0.391. The van der Waals surface area contributed by atoms with Gasteiger partial charge in [0.1, 0.15) is 5.82 Å². The van der Waals surface area contributed by atoms with Gasteiger partial charge in [-0.25, -0.2) is 12.8 Å². The van der Waals surface area contributed by atoms with E-state index in [0.717, 1.165) is 31.0 Å². The fourth-order valence-electron chi connectivity index (χ4n) is 4.06. The number of hydrogen-bond acceptors (Lipinski definition) is 5. The van der Waals surface area contributed by atoms with E-state index < -0.39 is 27.3 Å². The van der Waals surface area contributed by atoms with Crippen LogP contribution >= 0.6 is 0 Å². The minimum Gasteiger partial charge on any atom is -0.379 e. The van der Waals surface area contributed by atoms with Crippen molar-refractivity contribution >= 4 is 27.5 Å². The first-order valence-electron chi connectivity index (χ1n) is 10.9. The molecule has 0 spiro atoms. The van der Waals surface area contributed by atoms with Crippen molar-refractivity contribution in [3.8, 4) is 0 Å². The zero-order chi connectivity index (χ0) is 23.6. The van der Waals surface area contributed by atoms with Gasteiger partial charge in [0.05, 0.1) is 34.9 Å². The minimum absolute atomic E-state index is 0.172. The van der Waals surface area contributed by atoms with Gasteiger partial charge in [-0.1, -0.05) is 12.1 Å². The van der Waals surface area contributed by atoms with Crippen molar-refractivity contribution in [3.05, 3.63) is 58.9 Å². The van der Waals surface area contributed by atoms with Crippen LogP contribution in [0.4, 0.5) is 10.1 Å². The number of carbonyl (C=O) groups excluding carboxylic acids is 2. The summed E-state index contributed by atoms with van der Waals surface area (Å²) in [4.78, 5) is 27.6. The normalized spacial score (nSPS) is 17.2. The van der Waals surface area contributed by atoms with Crippen molar-refractivity contribution in [1.29, 1.82) is 0 Å². The Balaban J connectivity index is 1.63. The number of carbonyl (C=O) groups is 2. The Morgan fingerprint density at radius 2 is 1.70 bits per heavy atom. The highest BCUT2D eigenvalue weighted by Gasteiger charge is 2.29. The van der Waals surface area contributed by atoms with Gasteiger partial charge in [0.15, 0.2) is 0 Å². The standard InChI is InChI=1S/C23H26FN3O5S/c1-16-5-4-6-18(23(29)26-9-2-3-10-26)21(16)25-22(28)19-15-17(7-8-20(19)24)33(30,31)27-11-13-32-14-12-27/h4-8,15H,2-3,9-14H2,1H3,(H,25,28). The number of ether oxygens (including phenoxy) is 1. The quantitative estimate of drug-likeness (QED) is 0.717. The zero-order valence-corrected chi connectivity index (χ0v) is 19.2. The Morgan fingerprint density at radius 1 is 1.00 bits per heavy atom. The second-order valence-electron chi connectivity index (χ2n) is 8.11. The van der Waals surface area contributed by atoms with E-state index in [4.69, 9.17) is 4.74 Å². The molecular formula is C23H26FN3O5S. The molecule has 2 heterocycles. The van der Waals surface area contributed by atoms with Crippen molar-refractivity contribution in [3.63, 3.8) is 0 Å². The zero-order valence-electron chi connectivity index (χ0n) is 18.3. The highest BCUT2D eigenvalue weighted by Crippen LogP contribution is 2.26. The molecule has 1 N–H and O–H groups in total. The Kier molecular flexibility index (Phi) is 6.78. The van der Waals surface area contributed by atoms with Gasteiger partial charge in [-0.2, -0.15) is 4.31 Å². The summed E-state index contributed by atoms with van der Waals surface area (Å²) in [5.74, 6) is -1.87. The number of nitrogens with zero attached hydrogens (tertiary/aromatic N) is 2. The third kappa shape index (κ3) is 4.78. The van der Waals surface area contributed by atoms with E-state index >= 15 is 0 Å². The maximum Gasteiger partial charge on any atom is 0.258 e. The molecule has 2 fully saturated rings. The third-order valence-corrected chi connectivity index (χ3v) is 7.82. The van der Waals surface area contributed by atoms with Crippen molar-refractivity contribution in [2.45, 2.75) is 24.7 Å². The van der Waals surface area contributed by atoms with Crippen molar-refractivity contribution in [1.82, 2.24) is 9.21 Å². The largest absolute Gasteiger partial charge is 0.379 e. The number of morpholine rings is 1. The molecule has 0 aliphatic carbocycles. The molecule has 4 rings (SSSR count). The topological polar surface area (TPSA) is 96.0 Å². The Morgan fingerprint density at radius 3 is 2.39 bits per heavy atom. The molecule has 0 radical (unpaired) electrons. The van der Waals surface area contributed by atoms with Crippen LogP contribution in [0.2, 0.25) is 0 Å². The second-order valence-corrected chi connectivity index (χ2v) is 10.0. The van der Waals surface area contributed by atoms with E-state index in [1.807, 2.05) is 0 Å². The first-order valence-corrected chi connectivity index (χ1v) is 12.3. The van der Waals surface area contributed by atoms with Crippen LogP contribution < -0.4 is 5.32 Å². The number of sulfonamides is 1. The van der Waals surface area contributed by atoms with Crippen LogP contribution in [0.5, 0.6) is 0 Å². The number of amides is 2. The number of hydrogen-bond donors (Lipinski definition) is 1. The average Bonchev–Trinajstić information content (AvgIpc) is 3.35. The van der Waals surface area contributed by atoms with Crippen molar-refractivity contribution < 1.29 is 27.1 Å². The summed E-state index contributed by atoms with van der Waals surface area (Å²) in [7, 11) is -3.90. The van der Waals surface area contributed by atoms with Gasteiger partial charge in [0, 0.05) is 26.2 Å². The summed E-state index contributed by atoms with van der Waals surface area (Å²) in [5.41, 5.74) is 0.848. The lowest BCUT2D eigenvalue weighted by Crippen LogP contribution is -2.40. The molecule has 2 aromatic carbocycles. The van der Waals surface area contributed by atoms with Crippen LogP contribution in [-0.2, 0) is 14.8 Å². The smallest absolute Gasteiger partial charge is 0.258 e. The molecule has 2 aromatic rings. The highest BCUT2D eigenvalue weighted by atomic mass is 32.2. The Bertz CT molecular complexity index is 1170. The van der Waals surface area contributed by atoms with E-state index in [9.17, 15) is 22.4 Å². The van der Waals surface area contributed by atoms with Gasteiger partial charge in [-0.05, 0) is 49.6 Å². The summed E-state index contributed by atoms with van der Waals surface area (Å²) in [6.45, 7) is 3.96. The lowest BCUT2D eigenvalue weighted by atomic mass is 10.1. The number of para-hydroxylation sites is 1. The summed E-state index contributed by atoms with van der Waals surface area (Å²) < 4.78 is 46.9. The van der Waals surface area contributed by atoms with E-state index in [0.29, 0.717) is 29.9 Å². The van der Waals surface area contributed by atoms with E-state index in [1.54, 1.807) is 30.0 Å². The predicted octanol–water partition coefficient (Wildman–Crippen LogP) is 2.64. The lowest BCUT2D eigenvalue weighted by Gasteiger charge is -2.26. The fourth-order valence-corrected chi connectivity index (χ4v) is 5.49. The maximum atomic E-state index is 14.6. The molecule has 0 unspecified atom stereocenters. The van der Waals surface area contributed by atoms with Crippen molar-refractivity contribution in [2.24, 2.45) is 0 Å². The number of likely N-dealkylation sites (tertiary alicyclic amines) is 1. The molecule has 2 aliphatic rings.